The van der Waals surface area contributed by atoms with Crippen LogP contribution in [-0.2, 0) is 6.54 Å². The number of hydrogen-bond acceptors (Lipinski definition) is 2. The first-order valence-electron chi connectivity index (χ1n) is 10.3. The third-order valence-corrected chi connectivity index (χ3v) is 5.43. The Balaban J connectivity index is 1.30. The Labute approximate surface area is 172 Å². The number of nitrogens with zero attached hydrogens (tertiary/aromatic N) is 1. The Bertz CT molecular complexity index is 919. The Morgan fingerprint density at radius 2 is 1.45 bits per heavy atom. The van der Waals surface area contributed by atoms with Crippen molar-refractivity contribution in [1.29, 1.82) is 0 Å². The molecule has 4 heteroatoms. The molecule has 3 aromatic carbocycles. The standard InChI is InChI=1S/C25H27N3O/c29-25(27-24-14-8-7-13-23(24)21-11-5-2-6-12-21)26-22-15-17-28(18-16-22)19-20-9-3-1-4-10-20/h1-14,22H,15-19H2,(H2,26,27,29). The van der Waals surface area contributed by atoms with Crippen LogP contribution >= 0.6 is 0 Å². The van der Waals surface area contributed by atoms with E-state index >= 15 is 0 Å². The van der Waals surface area contributed by atoms with Gasteiger partial charge in [0.2, 0.25) is 0 Å². The number of hydrogen-bond donors (Lipinski definition) is 2. The normalized spacial score (nSPS) is 15.0. The van der Waals surface area contributed by atoms with Crippen molar-refractivity contribution in [3.8, 4) is 11.1 Å². The van der Waals surface area contributed by atoms with Crippen molar-refractivity contribution in [3.63, 3.8) is 0 Å². The predicted octanol–water partition coefficient (Wildman–Crippen LogP) is 5.14. The third-order valence-electron chi connectivity index (χ3n) is 5.43. The van der Waals surface area contributed by atoms with Gasteiger partial charge in [0.25, 0.3) is 0 Å². The van der Waals surface area contributed by atoms with Gasteiger partial charge in [0.15, 0.2) is 0 Å². The number of likely N-dealkylation sites (tertiary alicyclic amines) is 1. The van der Waals surface area contributed by atoms with Crippen LogP contribution in [0.1, 0.15) is 18.4 Å². The highest BCUT2D eigenvalue weighted by molar-refractivity contribution is 5.94. The second-order valence-electron chi connectivity index (χ2n) is 7.55. The van der Waals surface area contributed by atoms with Gasteiger partial charge in [-0.05, 0) is 30.0 Å². The van der Waals surface area contributed by atoms with Crippen LogP contribution in [0.3, 0.4) is 0 Å². The Morgan fingerprint density at radius 3 is 2.17 bits per heavy atom. The maximum Gasteiger partial charge on any atom is 0.319 e. The fourth-order valence-electron chi connectivity index (χ4n) is 3.88. The molecule has 2 N–H and O–H groups in total. The molecule has 29 heavy (non-hydrogen) atoms. The van der Waals surface area contributed by atoms with Crippen LogP contribution in [-0.4, -0.2) is 30.1 Å². The van der Waals surface area contributed by atoms with Crippen LogP contribution in [0.15, 0.2) is 84.9 Å². The van der Waals surface area contributed by atoms with E-state index in [0.717, 1.165) is 49.3 Å². The zero-order valence-corrected chi connectivity index (χ0v) is 16.6. The van der Waals surface area contributed by atoms with E-state index in [1.54, 1.807) is 0 Å². The van der Waals surface area contributed by atoms with Gasteiger partial charge >= 0.3 is 6.03 Å². The van der Waals surface area contributed by atoms with Gasteiger partial charge in [0, 0.05) is 31.2 Å². The summed E-state index contributed by atoms with van der Waals surface area (Å²) in [5.41, 5.74) is 4.30. The van der Waals surface area contributed by atoms with Crippen molar-refractivity contribution in [1.82, 2.24) is 10.2 Å². The molecule has 1 saturated heterocycles. The molecule has 1 aliphatic heterocycles. The Hall–Kier alpha value is -3.11. The molecule has 0 spiro atoms. The summed E-state index contributed by atoms with van der Waals surface area (Å²) in [5, 5.41) is 6.20. The summed E-state index contributed by atoms with van der Waals surface area (Å²) in [6.45, 7) is 2.98. The van der Waals surface area contributed by atoms with E-state index in [4.69, 9.17) is 0 Å². The number of rotatable bonds is 5. The highest BCUT2D eigenvalue weighted by Gasteiger charge is 2.21. The van der Waals surface area contributed by atoms with Crippen molar-refractivity contribution < 1.29 is 4.79 Å². The molecule has 4 nitrogen and oxygen atoms in total. The molecular weight excluding hydrogens is 358 g/mol. The zero-order chi connectivity index (χ0) is 19.9. The van der Waals surface area contributed by atoms with E-state index in [9.17, 15) is 4.79 Å². The summed E-state index contributed by atoms with van der Waals surface area (Å²) < 4.78 is 0. The second kappa shape index (κ2) is 9.39. The quantitative estimate of drug-likeness (QED) is 0.639. The summed E-state index contributed by atoms with van der Waals surface area (Å²) in [6.07, 6.45) is 1.95. The first-order chi connectivity index (χ1) is 14.3. The molecule has 0 bridgehead atoms. The molecule has 0 saturated carbocycles. The van der Waals surface area contributed by atoms with E-state index in [2.05, 4.69) is 51.9 Å². The molecule has 4 rings (SSSR count). The zero-order valence-electron chi connectivity index (χ0n) is 16.6. The van der Waals surface area contributed by atoms with Crippen LogP contribution in [0.2, 0.25) is 0 Å². The van der Waals surface area contributed by atoms with Gasteiger partial charge in [-0.15, -0.1) is 0 Å². The molecular formula is C25H27N3O. The topological polar surface area (TPSA) is 44.4 Å². The number of amides is 2. The number of nitrogens with one attached hydrogen (secondary N) is 2. The average Bonchev–Trinajstić information content (AvgIpc) is 2.77. The van der Waals surface area contributed by atoms with Crippen LogP contribution in [0.25, 0.3) is 11.1 Å². The van der Waals surface area contributed by atoms with Crippen molar-refractivity contribution >= 4 is 11.7 Å². The number of para-hydroxylation sites is 1. The summed E-state index contributed by atoms with van der Waals surface area (Å²) in [7, 11) is 0. The first-order valence-corrected chi connectivity index (χ1v) is 10.3. The molecule has 0 atom stereocenters. The lowest BCUT2D eigenvalue weighted by atomic mass is 10.0. The molecule has 0 aliphatic carbocycles. The van der Waals surface area contributed by atoms with E-state index in [0.29, 0.717) is 0 Å². The lowest BCUT2D eigenvalue weighted by Gasteiger charge is -2.32. The van der Waals surface area contributed by atoms with Crippen LogP contribution in [0.5, 0.6) is 0 Å². The molecule has 0 aromatic heterocycles. The smallest absolute Gasteiger partial charge is 0.319 e. The van der Waals surface area contributed by atoms with Crippen LogP contribution in [0.4, 0.5) is 10.5 Å². The van der Waals surface area contributed by atoms with Gasteiger partial charge in [0.1, 0.15) is 0 Å². The van der Waals surface area contributed by atoms with Gasteiger partial charge < -0.3 is 10.6 Å². The molecule has 0 radical (unpaired) electrons. The van der Waals surface area contributed by atoms with Gasteiger partial charge in [0.05, 0.1) is 5.69 Å². The summed E-state index contributed by atoms with van der Waals surface area (Å²) in [4.78, 5) is 15.1. The monoisotopic (exact) mass is 385 g/mol. The van der Waals surface area contributed by atoms with Crippen molar-refractivity contribution in [2.75, 3.05) is 18.4 Å². The molecule has 3 aromatic rings. The van der Waals surface area contributed by atoms with E-state index in [-0.39, 0.29) is 12.1 Å². The molecule has 0 unspecified atom stereocenters. The van der Waals surface area contributed by atoms with E-state index in [1.807, 2.05) is 48.5 Å². The maximum atomic E-state index is 12.6. The number of benzene rings is 3. The van der Waals surface area contributed by atoms with Crippen LogP contribution < -0.4 is 10.6 Å². The third kappa shape index (κ3) is 5.24. The lowest BCUT2D eigenvalue weighted by Crippen LogP contribution is -2.45. The predicted molar refractivity (Wildman–Crippen MR) is 119 cm³/mol. The highest BCUT2D eigenvalue weighted by atomic mass is 16.2. The number of urea groups is 1. The SMILES string of the molecule is O=C(Nc1ccccc1-c1ccccc1)NC1CCN(Cc2ccccc2)CC1. The number of anilines is 1. The average molecular weight is 386 g/mol. The molecule has 148 valence electrons. The summed E-state index contributed by atoms with van der Waals surface area (Å²) in [5.74, 6) is 0. The number of carbonyl (C=O) groups is 1. The number of carbonyl (C=O) groups excluding carboxylic acids is 1. The molecule has 1 fully saturated rings. The van der Waals surface area contributed by atoms with Crippen molar-refractivity contribution in [2.45, 2.75) is 25.4 Å². The molecule has 1 aliphatic rings. The molecule has 1 heterocycles. The Morgan fingerprint density at radius 1 is 0.828 bits per heavy atom. The Kier molecular flexibility index (Phi) is 6.22. The second-order valence-corrected chi connectivity index (χ2v) is 7.55. The first kappa shape index (κ1) is 19.2. The van der Waals surface area contributed by atoms with E-state index < -0.39 is 0 Å². The fourth-order valence-corrected chi connectivity index (χ4v) is 3.88. The largest absolute Gasteiger partial charge is 0.335 e. The maximum absolute atomic E-state index is 12.6. The summed E-state index contributed by atoms with van der Waals surface area (Å²) in [6, 6.07) is 28.7. The summed E-state index contributed by atoms with van der Waals surface area (Å²) >= 11 is 0. The minimum absolute atomic E-state index is 0.130. The van der Waals surface area contributed by atoms with Gasteiger partial charge in [-0.25, -0.2) is 4.79 Å². The fraction of sp³-hybridized carbons (Fsp3) is 0.240. The van der Waals surface area contributed by atoms with Crippen molar-refractivity contribution in [3.05, 3.63) is 90.5 Å². The minimum Gasteiger partial charge on any atom is -0.335 e. The van der Waals surface area contributed by atoms with E-state index in [1.165, 1.54) is 5.56 Å². The van der Waals surface area contributed by atoms with Gasteiger partial charge in [-0.1, -0.05) is 78.9 Å². The number of piperidine rings is 1. The van der Waals surface area contributed by atoms with Crippen LogP contribution in [0, 0.1) is 0 Å². The van der Waals surface area contributed by atoms with Gasteiger partial charge in [-0.2, -0.15) is 0 Å². The molecule has 2 amide bonds. The lowest BCUT2D eigenvalue weighted by molar-refractivity contribution is 0.190. The van der Waals surface area contributed by atoms with Crippen molar-refractivity contribution in [2.24, 2.45) is 0 Å². The highest BCUT2D eigenvalue weighted by Crippen LogP contribution is 2.27. The minimum atomic E-state index is -0.130. The van der Waals surface area contributed by atoms with Gasteiger partial charge in [-0.3, -0.25) is 4.90 Å².